The summed E-state index contributed by atoms with van der Waals surface area (Å²) in [5.41, 5.74) is 0. The van der Waals surface area contributed by atoms with Gasteiger partial charge in [0, 0.05) is 12.7 Å². The van der Waals surface area contributed by atoms with Gasteiger partial charge in [0.1, 0.15) is 0 Å². The standard InChI is InChI=1S/C7H11NO/c1-7-2-4-8(6-9)5-3-7/h2,4,6-7H,3,5H2,1H3. The summed E-state index contributed by atoms with van der Waals surface area (Å²) in [5.74, 6) is 0.640. The van der Waals surface area contributed by atoms with Crippen LogP contribution in [0.2, 0.25) is 0 Å². The zero-order valence-electron chi connectivity index (χ0n) is 5.58. The highest BCUT2D eigenvalue weighted by Gasteiger charge is 2.06. The van der Waals surface area contributed by atoms with Crippen LogP contribution in [-0.2, 0) is 4.79 Å². The molecule has 1 atom stereocenters. The Labute approximate surface area is 55.2 Å². The SMILES string of the molecule is CC1C=CN(C=O)CC1. The van der Waals surface area contributed by atoms with E-state index in [0.29, 0.717) is 5.92 Å². The normalized spacial score (nSPS) is 26.3. The molecule has 0 aromatic carbocycles. The minimum Gasteiger partial charge on any atom is -0.322 e. The van der Waals surface area contributed by atoms with Crippen LogP contribution in [0, 0.1) is 5.92 Å². The van der Waals surface area contributed by atoms with Crippen LogP contribution in [0.25, 0.3) is 0 Å². The highest BCUT2D eigenvalue weighted by Crippen LogP contribution is 2.10. The Balaban J connectivity index is 2.47. The minimum absolute atomic E-state index is 0.640. The maximum atomic E-state index is 10.1. The summed E-state index contributed by atoms with van der Waals surface area (Å²) < 4.78 is 0. The number of hydrogen-bond acceptors (Lipinski definition) is 1. The average molecular weight is 125 g/mol. The Hall–Kier alpha value is -0.790. The van der Waals surface area contributed by atoms with Gasteiger partial charge in [-0.2, -0.15) is 0 Å². The van der Waals surface area contributed by atoms with Crippen LogP contribution >= 0.6 is 0 Å². The minimum atomic E-state index is 0.640. The number of nitrogens with zero attached hydrogens (tertiary/aromatic N) is 1. The van der Waals surface area contributed by atoms with E-state index < -0.39 is 0 Å². The molecule has 50 valence electrons. The van der Waals surface area contributed by atoms with Crippen molar-refractivity contribution in [3.63, 3.8) is 0 Å². The van der Waals surface area contributed by atoms with Gasteiger partial charge in [0.25, 0.3) is 0 Å². The average Bonchev–Trinajstić information content (AvgIpc) is 1.90. The summed E-state index contributed by atoms with van der Waals surface area (Å²) in [5, 5.41) is 0. The Kier molecular flexibility index (Phi) is 1.88. The first-order valence-electron chi connectivity index (χ1n) is 3.22. The first kappa shape index (κ1) is 6.33. The molecule has 1 rings (SSSR count). The Morgan fingerprint density at radius 2 is 2.56 bits per heavy atom. The molecule has 0 saturated carbocycles. The molecule has 1 aliphatic heterocycles. The molecule has 2 heteroatoms. The smallest absolute Gasteiger partial charge is 0.213 e. The van der Waals surface area contributed by atoms with E-state index in [1.54, 1.807) is 4.90 Å². The number of hydrogen-bond donors (Lipinski definition) is 0. The summed E-state index contributed by atoms with van der Waals surface area (Å²) in [7, 11) is 0. The first-order chi connectivity index (χ1) is 4.33. The van der Waals surface area contributed by atoms with Crippen LogP contribution in [0.4, 0.5) is 0 Å². The van der Waals surface area contributed by atoms with Crippen molar-refractivity contribution < 1.29 is 4.79 Å². The number of carbonyl (C=O) groups is 1. The van der Waals surface area contributed by atoms with E-state index in [1.807, 2.05) is 6.20 Å². The number of carbonyl (C=O) groups excluding carboxylic acids is 1. The van der Waals surface area contributed by atoms with E-state index in [2.05, 4.69) is 13.0 Å². The molecule has 0 N–H and O–H groups in total. The molecular formula is C7H11NO. The van der Waals surface area contributed by atoms with Crippen molar-refractivity contribution in [3.8, 4) is 0 Å². The van der Waals surface area contributed by atoms with Crippen LogP contribution in [0.1, 0.15) is 13.3 Å². The summed E-state index contributed by atoms with van der Waals surface area (Å²) in [4.78, 5) is 11.8. The molecule has 1 aliphatic rings. The predicted octanol–water partition coefficient (Wildman–Crippen LogP) is 0.998. The van der Waals surface area contributed by atoms with Gasteiger partial charge in [-0.1, -0.05) is 13.0 Å². The second-order valence-electron chi connectivity index (χ2n) is 2.45. The Morgan fingerprint density at radius 1 is 1.78 bits per heavy atom. The van der Waals surface area contributed by atoms with Crippen LogP contribution in [0.15, 0.2) is 12.3 Å². The molecule has 0 fully saturated rings. The van der Waals surface area contributed by atoms with Gasteiger partial charge in [0.05, 0.1) is 0 Å². The maximum Gasteiger partial charge on any atom is 0.213 e. The van der Waals surface area contributed by atoms with Gasteiger partial charge in [-0.3, -0.25) is 4.79 Å². The molecule has 1 unspecified atom stereocenters. The molecule has 0 radical (unpaired) electrons. The molecule has 2 nitrogen and oxygen atoms in total. The van der Waals surface area contributed by atoms with Crippen molar-refractivity contribution in [2.45, 2.75) is 13.3 Å². The largest absolute Gasteiger partial charge is 0.322 e. The summed E-state index contributed by atoms with van der Waals surface area (Å²) in [6.07, 6.45) is 5.86. The lowest BCUT2D eigenvalue weighted by molar-refractivity contribution is -0.116. The van der Waals surface area contributed by atoms with E-state index in [9.17, 15) is 4.79 Å². The van der Waals surface area contributed by atoms with Gasteiger partial charge in [-0.25, -0.2) is 0 Å². The Morgan fingerprint density at radius 3 is 3.00 bits per heavy atom. The van der Waals surface area contributed by atoms with E-state index in [4.69, 9.17) is 0 Å². The molecule has 0 aromatic rings. The monoisotopic (exact) mass is 125 g/mol. The van der Waals surface area contributed by atoms with E-state index in [1.165, 1.54) is 0 Å². The third-order valence-corrected chi connectivity index (χ3v) is 1.58. The number of allylic oxidation sites excluding steroid dienone is 1. The summed E-state index contributed by atoms with van der Waals surface area (Å²) >= 11 is 0. The van der Waals surface area contributed by atoms with Gasteiger partial charge in [0.15, 0.2) is 0 Å². The fraction of sp³-hybridized carbons (Fsp3) is 0.571. The zero-order valence-corrected chi connectivity index (χ0v) is 5.58. The second kappa shape index (κ2) is 2.67. The van der Waals surface area contributed by atoms with Crippen LogP contribution < -0.4 is 0 Å². The van der Waals surface area contributed by atoms with Crippen molar-refractivity contribution in [2.75, 3.05) is 6.54 Å². The fourth-order valence-electron chi connectivity index (χ4n) is 0.869. The maximum absolute atomic E-state index is 10.1. The second-order valence-corrected chi connectivity index (χ2v) is 2.45. The van der Waals surface area contributed by atoms with Crippen LogP contribution in [0.5, 0.6) is 0 Å². The molecule has 0 aromatic heterocycles. The van der Waals surface area contributed by atoms with Gasteiger partial charge in [-0.05, 0) is 12.3 Å². The predicted molar refractivity (Wildman–Crippen MR) is 35.7 cm³/mol. The molecule has 1 amide bonds. The summed E-state index contributed by atoms with van der Waals surface area (Å²) in [6, 6.07) is 0. The highest BCUT2D eigenvalue weighted by molar-refractivity contribution is 5.49. The van der Waals surface area contributed by atoms with Crippen molar-refractivity contribution in [3.05, 3.63) is 12.3 Å². The Bertz CT molecular complexity index is 131. The first-order valence-corrected chi connectivity index (χ1v) is 3.22. The van der Waals surface area contributed by atoms with Crippen molar-refractivity contribution in [1.82, 2.24) is 4.90 Å². The van der Waals surface area contributed by atoms with Gasteiger partial charge < -0.3 is 4.90 Å². The quantitative estimate of drug-likeness (QED) is 0.479. The molecule has 0 bridgehead atoms. The molecule has 0 spiro atoms. The van der Waals surface area contributed by atoms with Gasteiger partial charge in [0.2, 0.25) is 6.41 Å². The van der Waals surface area contributed by atoms with Gasteiger partial charge >= 0.3 is 0 Å². The topological polar surface area (TPSA) is 20.3 Å². The lowest BCUT2D eigenvalue weighted by Gasteiger charge is -2.19. The molecule has 1 heterocycles. The third kappa shape index (κ3) is 1.56. The molecular weight excluding hydrogens is 114 g/mol. The zero-order chi connectivity index (χ0) is 6.69. The van der Waals surface area contributed by atoms with E-state index in [-0.39, 0.29) is 0 Å². The number of amides is 1. The fourth-order valence-corrected chi connectivity index (χ4v) is 0.869. The van der Waals surface area contributed by atoms with Crippen molar-refractivity contribution in [1.29, 1.82) is 0 Å². The van der Waals surface area contributed by atoms with Crippen LogP contribution in [0.3, 0.4) is 0 Å². The molecule has 0 aliphatic carbocycles. The molecule has 0 saturated heterocycles. The summed E-state index contributed by atoms with van der Waals surface area (Å²) in [6.45, 7) is 3.03. The lowest BCUT2D eigenvalue weighted by atomic mass is 10.1. The lowest BCUT2D eigenvalue weighted by Crippen LogP contribution is -2.21. The van der Waals surface area contributed by atoms with E-state index in [0.717, 1.165) is 19.4 Å². The number of rotatable bonds is 1. The van der Waals surface area contributed by atoms with Crippen LogP contribution in [-0.4, -0.2) is 17.9 Å². The van der Waals surface area contributed by atoms with Crippen molar-refractivity contribution in [2.24, 2.45) is 5.92 Å². The highest BCUT2D eigenvalue weighted by atomic mass is 16.1. The molecule has 9 heavy (non-hydrogen) atoms. The van der Waals surface area contributed by atoms with Gasteiger partial charge in [-0.15, -0.1) is 0 Å². The van der Waals surface area contributed by atoms with Crippen molar-refractivity contribution >= 4 is 6.41 Å². The third-order valence-electron chi connectivity index (χ3n) is 1.58. The van der Waals surface area contributed by atoms with E-state index >= 15 is 0 Å².